The van der Waals surface area contributed by atoms with E-state index in [0.717, 1.165) is 12.1 Å². The fourth-order valence-corrected chi connectivity index (χ4v) is 4.27. The standard InChI is InChI=1S/C22H15B3ClF2N3O4/c23-16-12(3-4-13(26)17(16)24)22(27,28)21(35)30-18(25)9-1-2-11-10(7-9)8-31(20(11)34)14-5-6-15(32)29-19(14)33/h1-4,7,14,18H,5-6,8H2,(H,30,35)(H,29,32,33). The van der Waals surface area contributed by atoms with Crippen LogP contribution in [0.2, 0.25) is 5.02 Å². The van der Waals surface area contributed by atoms with Gasteiger partial charge in [0.25, 0.3) is 11.8 Å². The minimum absolute atomic E-state index is 0.0294. The van der Waals surface area contributed by atoms with Crippen LogP contribution < -0.4 is 21.6 Å². The summed E-state index contributed by atoms with van der Waals surface area (Å²) in [4.78, 5) is 50.1. The number of nitrogens with one attached hydrogen (secondary N) is 2. The maximum atomic E-state index is 14.8. The van der Waals surface area contributed by atoms with Gasteiger partial charge in [0.2, 0.25) is 11.8 Å². The number of fused-ring (bicyclic) bond motifs is 1. The molecule has 2 heterocycles. The lowest BCUT2D eigenvalue weighted by atomic mass is 9.76. The van der Waals surface area contributed by atoms with Gasteiger partial charge < -0.3 is 10.2 Å². The molecule has 2 aliphatic heterocycles. The molecule has 4 rings (SSSR count). The largest absolute Gasteiger partial charge is 0.352 e. The van der Waals surface area contributed by atoms with E-state index in [1.165, 1.54) is 23.1 Å². The highest BCUT2D eigenvalue weighted by Gasteiger charge is 2.43. The molecular formula is C22H15B3ClF2N3O4. The Bertz CT molecular complexity index is 1280. The highest BCUT2D eigenvalue weighted by Crippen LogP contribution is 2.31. The summed E-state index contributed by atoms with van der Waals surface area (Å²) in [6.45, 7) is 0.0612. The predicted molar refractivity (Wildman–Crippen MR) is 125 cm³/mol. The van der Waals surface area contributed by atoms with Crippen LogP contribution in [0.5, 0.6) is 0 Å². The van der Waals surface area contributed by atoms with Gasteiger partial charge in [-0.05, 0) is 29.7 Å². The Labute approximate surface area is 208 Å². The summed E-state index contributed by atoms with van der Waals surface area (Å²) in [6, 6.07) is 5.57. The van der Waals surface area contributed by atoms with E-state index < -0.39 is 52.6 Å². The van der Waals surface area contributed by atoms with Gasteiger partial charge in [-0.1, -0.05) is 40.7 Å². The molecule has 0 aliphatic carbocycles. The molecule has 2 unspecified atom stereocenters. The van der Waals surface area contributed by atoms with Crippen LogP contribution in [-0.2, 0) is 26.9 Å². The zero-order valence-electron chi connectivity index (χ0n) is 18.1. The zero-order chi connectivity index (χ0) is 25.7. The van der Waals surface area contributed by atoms with Crippen LogP contribution in [0.1, 0.15) is 45.8 Å². The van der Waals surface area contributed by atoms with Gasteiger partial charge in [0.05, 0.1) is 0 Å². The molecule has 0 aromatic heterocycles. The molecule has 1 fully saturated rings. The molecule has 1 saturated heterocycles. The monoisotopic (exact) mass is 491 g/mol. The molecule has 2 aromatic rings. The smallest absolute Gasteiger partial charge is 0.349 e. The summed E-state index contributed by atoms with van der Waals surface area (Å²) in [6.07, 6.45) is 0.303. The van der Waals surface area contributed by atoms with Gasteiger partial charge in [-0.3, -0.25) is 24.5 Å². The Morgan fingerprint density at radius 1 is 1.17 bits per heavy atom. The molecule has 35 heavy (non-hydrogen) atoms. The fourth-order valence-electron chi connectivity index (χ4n) is 4.11. The number of rotatable bonds is 5. The average Bonchev–Trinajstić information content (AvgIpc) is 3.12. The van der Waals surface area contributed by atoms with Gasteiger partial charge in [-0.15, -0.1) is 0 Å². The maximum Gasteiger partial charge on any atom is 0.349 e. The van der Waals surface area contributed by atoms with Crippen LogP contribution in [0.15, 0.2) is 30.3 Å². The molecule has 2 aliphatic rings. The number of halogens is 3. The van der Waals surface area contributed by atoms with Crippen molar-refractivity contribution in [3.63, 3.8) is 0 Å². The van der Waals surface area contributed by atoms with E-state index in [1.807, 2.05) is 5.32 Å². The van der Waals surface area contributed by atoms with Crippen molar-refractivity contribution in [2.75, 3.05) is 0 Å². The molecule has 2 aromatic carbocycles. The second kappa shape index (κ2) is 9.15. The Balaban J connectivity index is 1.50. The van der Waals surface area contributed by atoms with Gasteiger partial charge in [-0.25, -0.2) is 0 Å². The van der Waals surface area contributed by atoms with Gasteiger partial charge in [0.1, 0.15) is 29.6 Å². The van der Waals surface area contributed by atoms with Crippen LogP contribution in [-0.4, -0.2) is 58.1 Å². The number of hydrogen-bond acceptors (Lipinski definition) is 4. The normalized spacial score (nSPS) is 18.8. The summed E-state index contributed by atoms with van der Waals surface area (Å²) in [7, 11) is 17.2. The molecule has 0 spiro atoms. The third kappa shape index (κ3) is 4.47. The second-order valence-corrected chi connectivity index (χ2v) is 8.67. The molecule has 13 heteroatoms. The predicted octanol–water partition coefficient (Wildman–Crippen LogP) is -0.236. The number of piperidine rings is 1. The van der Waals surface area contributed by atoms with Crippen LogP contribution in [0, 0.1) is 0 Å². The summed E-state index contributed by atoms with van der Waals surface area (Å²) in [5.74, 6) is -8.48. The molecule has 0 saturated carbocycles. The quantitative estimate of drug-likeness (QED) is 0.446. The van der Waals surface area contributed by atoms with Crippen molar-refractivity contribution in [3.8, 4) is 0 Å². The highest BCUT2D eigenvalue weighted by atomic mass is 35.5. The molecule has 7 nitrogen and oxygen atoms in total. The Morgan fingerprint density at radius 3 is 2.57 bits per heavy atom. The minimum atomic E-state index is -4.06. The lowest BCUT2D eigenvalue weighted by Gasteiger charge is -2.29. The van der Waals surface area contributed by atoms with E-state index in [1.54, 1.807) is 0 Å². The summed E-state index contributed by atoms with van der Waals surface area (Å²) < 4.78 is 29.7. The van der Waals surface area contributed by atoms with E-state index in [-0.39, 0.29) is 35.4 Å². The van der Waals surface area contributed by atoms with Crippen molar-refractivity contribution in [2.24, 2.45) is 0 Å². The average molecular weight is 491 g/mol. The zero-order valence-corrected chi connectivity index (χ0v) is 18.9. The number of nitrogens with zero attached hydrogens (tertiary/aromatic N) is 1. The second-order valence-electron chi connectivity index (χ2n) is 8.26. The fraction of sp³-hybridized carbons (Fsp3) is 0.273. The SMILES string of the molecule is [B]c1c(Cl)ccc(C(F)(F)C(=O)NC([B])c2ccc3c(c2)CN(C2CCC(=O)NC2=O)C3=O)c1[B]. The van der Waals surface area contributed by atoms with E-state index in [0.29, 0.717) is 11.1 Å². The van der Waals surface area contributed by atoms with Crippen LogP contribution in [0.25, 0.3) is 0 Å². The van der Waals surface area contributed by atoms with Crippen molar-refractivity contribution < 1.29 is 28.0 Å². The molecule has 6 radical (unpaired) electrons. The third-order valence-electron chi connectivity index (χ3n) is 6.05. The summed E-state index contributed by atoms with van der Waals surface area (Å²) in [5.41, 5.74) is -0.534. The van der Waals surface area contributed by atoms with Crippen LogP contribution in [0.4, 0.5) is 8.78 Å². The first-order valence-corrected chi connectivity index (χ1v) is 10.9. The number of carbonyl (C=O) groups excluding carboxylic acids is 4. The van der Waals surface area contributed by atoms with Crippen LogP contribution in [0.3, 0.4) is 0 Å². The molecule has 2 atom stereocenters. The van der Waals surface area contributed by atoms with Crippen molar-refractivity contribution >= 4 is 69.7 Å². The summed E-state index contributed by atoms with van der Waals surface area (Å²) in [5, 5.41) is 4.22. The van der Waals surface area contributed by atoms with Crippen molar-refractivity contribution in [2.45, 2.75) is 37.3 Å². The van der Waals surface area contributed by atoms with Gasteiger partial charge >= 0.3 is 5.92 Å². The Kier molecular flexibility index (Phi) is 6.53. The number of benzene rings is 2. The summed E-state index contributed by atoms with van der Waals surface area (Å²) >= 11 is 5.78. The molecular weight excluding hydrogens is 476 g/mol. The lowest BCUT2D eigenvalue weighted by Crippen LogP contribution is -2.52. The van der Waals surface area contributed by atoms with Crippen LogP contribution >= 0.6 is 11.6 Å². The van der Waals surface area contributed by atoms with Gasteiger partial charge in [0.15, 0.2) is 0 Å². The number of imide groups is 1. The first kappa shape index (κ1) is 25.0. The number of carbonyl (C=O) groups is 4. The Morgan fingerprint density at radius 2 is 1.89 bits per heavy atom. The van der Waals surface area contributed by atoms with Crippen molar-refractivity contribution in [1.82, 2.24) is 15.5 Å². The van der Waals surface area contributed by atoms with Gasteiger partial charge in [-0.2, -0.15) is 8.78 Å². The topological polar surface area (TPSA) is 95.6 Å². The van der Waals surface area contributed by atoms with Crippen molar-refractivity contribution in [1.29, 1.82) is 0 Å². The molecule has 0 bridgehead atoms. The third-order valence-corrected chi connectivity index (χ3v) is 6.38. The minimum Gasteiger partial charge on any atom is -0.352 e. The highest BCUT2D eigenvalue weighted by molar-refractivity contribution is 6.55. The molecule has 172 valence electrons. The van der Waals surface area contributed by atoms with E-state index >= 15 is 0 Å². The van der Waals surface area contributed by atoms with E-state index in [9.17, 15) is 28.0 Å². The number of hydrogen-bond donors (Lipinski definition) is 2. The van der Waals surface area contributed by atoms with Crippen molar-refractivity contribution in [3.05, 3.63) is 57.6 Å². The number of amides is 4. The first-order chi connectivity index (χ1) is 16.4. The maximum absolute atomic E-state index is 14.8. The first-order valence-electron chi connectivity index (χ1n) is 10.5. The lowest BCUT2D eigenvalue weighted by molar-refractivity contribution is -0.147. The number of alkyl halides is 2. The molecule has 2 N–H and O–H groups in total. The Hall–Kier alpha value is -3.14. The van der Waals surface area contributed by atoms with Gasteiger partial charge in [0, 0.05) is 35.1 Å². The van der Waals surface area contributed by atoms with E-state index in [2.05, 4.69) is 5.32 Å². The molecule has 4 amide bonds. The van der Waals surface area contributed by atoms with E-state index in [4.69, 9.17) is 35.1 Å².